The third-order valence-corrected chi connectivity index (χ3v) is 2.86. The average Bonchev–Trinajstić information content (AvgIpc) is 2.33. The number of rotatable bonds is 3. The molecule has 1 aliphatic carbocycles. The second-order valence-electron chi connectivity index (χ2n) is 3.88. The summed E-state index contributed by atoms with van der Waals surface area (Å²) in [6, 6.07) is 0.249. The molecule has 0 saturated heterocycles. The number of hydrogen-bond acceptors (Lipinski definition) is 3. The number of nitrogens with zero attached hydrogens (tertiary/aromatic N) is 2. The maximum absolute atomic E-state index is 4.36. The van der Waals surface area contributed by atoms with E-state index in [-0.39, 0.29) is 6.04 Å². The molecule has 0 bridgehead atoms. The lowest BCUT2D eigenvalue weighted by atomic mass is 9.92. The normalized spacial score (nSPS) is 18.3. The Kier molecular flexibility index (Phi) is 3.45. The Balaban J connectivity index is 2.20. The number of likely N-dealkylation sites (N-methyl/N-ethyl adjacent to an activating group) is 1. The van der Waals surface area contributed by atoms with Gasteiger partial charge in [0.15, 0.2) is 0 Å². The van der Waals surface area contributed by atoms with Crippen LogP contribution in [0.15, 0.2) is 30.2 Å². The van der Waals surface area contributed by atoms with Crippen LogP contribution in [0.5, 0.6) is 0 Å². The van der Waals surface area contributed by atoms with Crippen LogP contribution in [0.4, 0.5) is 0 Å². The summed E-state index contributed by atoms with van der Waals surface area (Å²) in [5, 5.41) is 3.32. The molecule has 15 heavy (non-hydrogen) atoms. The van der Waals surface area contributed by atoms with Gasteiger partial charge in [-0.1, -0.05) is 11.6 Å². The van der Waals surface area contributed by atoms with Crippen LogP contribution in [0, 0.1) is 0 Å². The third-order valence-electron chi connectivity index (χ3n) is 2.86. The van der Waals surface area contributed by atoms with Crippen molar-refractivity contribution in [1.82, 2.24) is 15.3 Å². The highest BCUT2D eigenvalue weighted by molar-refractivity contribution is 5.21. The van der Waals surface area contributed by atoms with Gasteiger partial charge in [-0.25, -0.2) is 0 Å². The molecule has 1 atom stereocenters. The number of allylic oxidation sites excluding steroid dienone is 1. The molecular weight excluding hydrogens is 186 g/mol. The van der Waals surface area contributed by atoms with Crippen LogP contribution in [0.25, 0.3) is 0 Å². The molecule has 1 aromatic heterocycles. The summed E-state index contributed by atoms with van der Waals surface area (Å²) < 4.78 is 0. The fourth-order valence-corrected chi connectivity index (χ4v) is 2.11. The number of aromatic nitrogens is 2. The lowest BCUT2D eigenvalue weighted by Gasteiger charge is -2.21. The number of nitrogens with one attached hydrogen (secondary N) is 1. The molecule has 1 N–H and O–H groups in total. The van der Waals surface area contributed by atoms with Crippen LogP contribution in [-0.2, 0) is 0 Å². The van der Waals surface area contributed by atoms with Gasteiger partial charge in [0, 0.05) is 12.4 Å². The second-order valence-corrected chi connectivity index (χ2v) is 3.88. The highest BCUT2D eigenvalue weighted by atomic mass is 14.9. The molecule has 3 nitrogen and oxygen atoms in total. The molecule has 0 fully saturated rings. The molecule has 0 aromatic carbocycles. The van der Waals surface area contributed by atoms with Crippen LogP contribution in [0.1, 0.15) is 37.4 Å². The van der Waals surface area contributed by atoms with E-state index < -0.39 is 0 Å². The molecule has 1 aromatic rings. The molecule has 80 valence electrons. The van der Waals surface area contributed by atoms with E-state index in [0.717, 1.165) is 5.69 Å². The molecular formula is C12H17N3. The van der Waals surface area contributed by atoms with Crippen molar-refractivity contribution >= 4 is 0 Å². The Morgan fingerprint density at radius 1 is 1.33 bits per heavy atom. The van der Waals surface area contributed by atoms with Gasteiger partial charge in [-0.05, 0) is 32.7 Å². The van der Waals surface area contributed by atoms with E-state index in [0.29, 0.717) is 0 Å². The highest BCUT2D eigenvalue weighted by Crippen LogP contribution is 2.27. The smallest absolute Gasteiger partial charge is 0.0798 e. The Hall–Kier alpha value is -1.22. The van der Waals surface area contributed by atoms with Crippen molar-refractivity contribution in [2.24, 2.45) is 0 Å². The first-order chi connectivity index (χ1) is 7.42. The van der Waals surface area contributed by atoms with Crippen molar-refractivity contribution in [2.45, 2.75) is 31.7 Å². The Bertz CT molecular complexity index is 332. The third kappa shape index (κ3) is 2.42. The van der Waals surface area contributed by atoms with Gasteiger partial charge in [-0.15, -0.1) is 0 Å². The van der Waals surface area contributed by atoms with Crippen molar-refractivity contribution in [1.29, 1.82) is 0 Å². The van der Waals surface area contributed by atoms with Crippen molar-refractivity contribution in [2.75, 3.05) is 7.05 Å². The van der Waals surface area contributed by atoms with Crippen LogP contribution in [0.2, 0.25) is 0 Å². The van der Waals surface area contributed by atoms with Gasteiger partial charge in [0.05, 0.1) is 17.9 Å². The highest BCUT2D eigenvalue weighted by Gasteiger charge is 2.17. The largest absolute Gasteiger partial charge is 0.308 e. The van der Waals surface area contributed by atoms with Gasteiger partial charge in [-0.2, -0.15) is 0 Å². The van der Waals surface area contributed by atoms with Crippen LogP contribution in [0.3, 0.4) is 0 Å². The zero-order valence-corrected chi connectivity index (χ0v) is 9.11. The van der Waals surface area contributed by atoms with Gasteiger partial charge in [0.25, 0.3) is 0 Å². The number of hydrogen-bond donors (Lipinski definition) is 1. The molecule has 0 aliphatic heterocycles. The first-order valence-electron chi connectivity index (χ1n) is 5.54. The molecule has 1 unspecified atom stereocenters. The lowest BCUT2D eigenvalue weighted by Crippen LogP contribution is -2.21. The molecule has 1 heterocycles. The summed E-state index contributed by atoms with van der Waals surface area (Å²) in [4.78, 5) is 8.48. The van der Waals surface area contributed by atoms with E-state index in [4.69, 9.17) is 0 Å². The molecule has 0 radical (unpaired) electrons. The standard InChI is InChI=1S/C12H17N3/c1-13-12(10-5-3-2-4-6-10)11-9-14-7-8-15-11/h5,7-9,12-13H,2-4,6H2,1H3. The van der Waals surface area contributed by atoms with Gasteiger partial charge < -0.3 is 5.32 Å². The predicted octanol–water partition coefficient (Wildman–Crippen LogP) is 2.24. The molecule has 0 spiro atoms. The van der Waals surface area contributed by atoms with Crippen LogP contribution < -0.4 is 5.32 Å². The van der Waals surface area contributed by atoms with E-state index in [2.05, 4.69) is 21.4 Å². The molecule has 0 saturated carbocycles. The summed E-state index contributed by atoms with van der Waals surface area (Å²) in [5.41, 5.74) is 2.48. The second kappa shape index (κ2) is 5.03. The maximum Gasteiger partial charge on any atom is 0.0798 e. The van der Waals surface area contributed by atoms with E-state index in [9.17, 15) is 0 Å². The first kappa shape index (κ1) is 10.3. The summed E-state index contributed by atoms with van der Waals surface area (Å²) in [5.74, 6) is 0. The van der Waals surface area contributed by atoms with Crippen molar-refractivity contribution < 1.29 is 0 Å². The van der Waals surface area contributed by atoms with Crippen molar-refractivity contribution in [3.05, 3.63) is 35.9 Å². The fraction of sp³-hybridized carbons (Fsp3) is 0.500. The van der Waals surface area contributed by atoms with Gasteiger partial charge in [0.1, 0.15) is 0 Å². The van der Waals surface area contributed by atoms with Gasteiger partial charge >= 0.3 is 0 Å². The molecule has 0 amide bonds. The summed E-state index contributed by atoms with van der Waals surface area (Å²) in [6.45, 7) is 0. The van der Waals surface area contributed by atoms with Gasteiger partial charge in [-0.3, -0.25) is 9.97 Å². The van der Waals surface area contributed by atoms with E-state index >= 15 is 0 Å². The monoisotopic (exact) mass is 203 g/mol. The van der Waals surface area contributed by atoms with Crippen LogP contribution >= 0.6 is 0 Å². The van der Waals surface area contributed by atoms with E-state index in [1.165, 1.54) is 31.3 Å². The molecule has 3 heteroatoms. The van der Waals surface area contributed by atoms with E-state index in [1.54, 1.807) is 12.4 Å². The summed E-state index contributed by atoms with van der Waals surface area (Å²) in [6.07, 6.45) is 12.7. The zero-order valence-electron chi connectivity index (χ0n) is 9.11. The van der Waals surface area contributed by atoms with Gasteiger partial charge in [0.2, 0.25) is 0 Å². The first-order valence-corrected chi connectivity index (χ1v) is 5.54. The summed E-state index contributed by atoms with van der Waals surface area (Å²) >= 11 is 0. The predicted molar refractivity (Wildman–Crippen MR) is 60.4 cm³/mol. The SMILES string of the molecule is CNC(C1=CCCCC1)c1cnccn1. The quantitative estimate of drug-likeness (QED) is 0.765. The molecule has 2 rings (SSSR count). The van der Waals surface area contributed by atoms with Crippen LogP contribution in [-0.4, -0.2) is 17.0 Å². The average molecular weight is 203 g/mol. The summed E-state index contributed by atoms with van der Waals surface area (Å²) in [7, 11) is 1.98. The molecule has 1 aliphatic rings. The van der Waals surface area contributed by atoms with Crippen molar-refractivity contribution in [3.63, 3.8) is 0 Å². The topological polar surface area (TPSA) is 37.8 Å². The minimum absolute atomic E-state index is 0.249. The zero-order chi connectivity index (χ0) is 10.5. The minimum atomic E-state index is 0.249. The minimum Gasteiger partial charge on any atom is -0.308 e. The Morgan fingerprint density at radius 3 is 2.87 bits per heavy atom. The Morgan fingerprint density at radius 2 is 2.27 bits per heavy atom. The van der Waals surface area contributed by atoms with E-state index in [1.807, 2.05) is 13.2 Å². The lowest BCUT2D eigenvalue weighted by molar-refractivity contribution is 0.581. The maximum atomic E-state index is 4.36. The van der Waals surface area contributed by atoms with Crippen molar-refractivity contribution in [3.8, 4) is 0 Å². The fourth-order valence-electron chi connectivity index (χ4n) is 2.11. The Labute approximate surface area is 90.6 Å².